The third-order valence-corrected chi connectivity index (χ3v) is 3.16. The molecule has 0 aliphatic heterocycles. The van der Waals surface area contributed by atoms with Crippen LogP contribution in [0.25, 0.3) is 0 Å². The van der Waals surface area contributed by atoms with Gasteiger partial charge in [-0.1, -0.05) is 0 Å². The molecule has 1 aromatic rings. The first kappa shape index (κ1) is 12.6. The van der Waals surface area contributed by atoms with E-state index in [0.29, 0.717) is 6.10 Å². The zero-order valence-corrected chi connectivity index (χ0v) is 11.8. The van der Waals surface area contributed by atoms with Crippen molar-refractivity contribution in [2.45, 2.75) is 50.2 Å². The van der Waals surface area contributed by atoms with Gasteiger partial charge < -0.3 is 9.47 Å². The summed E-state index contributed by atoms with van der Waals surface area (Å²) in [7, 11) is 0. The van der Waals surface area contributed by atoms with Gasteiger partial charge in [0.15, 0.2) is 0 Å². The molecule has 94 valence electrons. The molecule has 3 heteroatoms. The third-order valence-electron chi connectivity index (χ3n) is 2.38. The molecule has 0 heterocycles. The summed E-state index contributed by atoms with van der Waals surface area (Å²) in [6, 6.07) is 6.11. The Balaban J connectivity index is 2.18. The zero-order chi connectivity index (χ0) is 12.5. The molecular weight excluding hydrogens is 232 g/mol. The summed E-state index contributed by atoms with van der Waals surface area (Å²) in [6.07, 6.45) is 4.85. The highest BCUT2D eigenvalue weighted by Crippen LogP contribution is 2.35. The lowest BCUT2D eigenvalue weighted by Gasteiger charge is -2.23. The molecule has 1 saturated carbocycles. The van der Waals surface area contributed by atoms with E-state index in [0.717, 1.165) is 16.4 Å². The van der Waals surface area contributed by atoms with Gasteiger partial charge in [-0.25, -0.2) is 0 Å². The smallest absolute Gasteiger partial charge is 0.137 e. The number of rotatable bonds is 4. The molecule has 1 aromatic carbocycles. The van der Waals surface area contributed by atoms with Gasteiger partial charge in [0.2, 0.25) is 0 Å². The van der Waals surface area contributed by atoms with Crippen LogP contribution in [0.4, 0.5) is 0 Å². The van der Waals surface area contributed by atoms with Gasteiger partial charge in [0.05, 0.1) is 6.10 Å². The molecule has 0 N–H and O–H groups in total. The first-order valence-electron chi connectivity index (χ1n) is 6.01. The fraction of sp³-hybridized carbons (Fsp3) is 0.571. The van der Waals surface area contributed by atoms with Crippen molar-refractivity contribution in [3.63, 3.8) is 0 Å². The summed E-state index contributed by atoms with van der Waals surface area (Å²) < 4.78 is 11.8. The van der Waals surface area contributed by atoms with Crippen molar-refractivity contribution in [1.29, 1.82) is 0 Å². The van der Waals surface area contributed by atoms with E-state index in [1.165, 1.54) is 12.8 Å². The summed E-state index contributed by atoms with van der Waals surface area (Å²) in [5.74, 6) is 1.84. The Kier molecular flexibility index (Phi) is 3.57. The van der Waals surface area contributed by atoms with E-state index < -0.39 is 0 Å². The van der Waals surface area contributed by atoms with Crippen LogP contribution >= 0.6 is 11.8 Å². The maximum atomic E-state index is 5.97. The Morgan fingerprint density at radius 3 is 2.47 bits per heavy atom. The molecule has 0 unspecified atom stereocenters. The Morgan fingerprint density at radius 1 is 1.24 bits per heavy atom. The maximum absolute atomic E-state index is 5.97. The molecule has 17 heavy (non-hydrogen) atoms. The van der Waals surface area contributed by atoms with Crippen molar-refractivity contribution in [2.24, 2.45) is 0 Å². The standard InChI is InChI=1S/C14H20O2S/c1-14(2,3)16-12-9-11(15-10-5-6-10)7-8-13(12)17-4/h7-10H,5-6H2,1-4H3. The van der Waals surface area contributed by atoms with Crippen LogP contribution in [0.5, 0.6) is 11.5 Å². The van der Waals surface area contributed by atoms with E-state index >= 15 is 0 Å². The summed E-state index contributed by atoms with van der Waals surface area (Å²) in [5.41, 5.74) is -0.178. The van der Waals surface area contributed by atoms with Crippen molar-refractivity contribution in [1.82, 2.24) is 0 Å². The minimum Gasteiger partial charge on any atom is -0.490 e. The van der Waals surface area contributed by atoms with Crippen LogP contribution in [0.15, 0.2) is 23.1 Å². The second-order valence-electron chi connectivity index (χ2n) is 5.34. The van der Waals surface area contributed by atoms with Gasteiger partial charge in [0.1, 0.15) is 17.1 Å². The molecule has 0 radical (unpaired) electrons. The largest absolute Gasteiger partial charge is 0.490 e. The predicted octanol–water partition coefficient (Wildman–Crippen LogP) is 4.13. The monoisotopic (exact) mass is 252 g/mol. The first-order valence-corrected chi connectivity index (χ1v) is 7.24. The van der Waals surface area contributed by atoms with Crippen molar-refractivity contribution in [3.8, 4) is 11.5 Å². The number of ether oxygens (including phenoxy) is 2. The van der Waals surface area contributed by atoms with Crippen LogP contribution in [-0.2, 0) is 0 Å². The second-order valence-corrected chi connectivity index (χ2v) is 6.19. The molecule has 2 nitrogen and oxygen atoms in total. The first-order chi connectivity index (χ1) is 7.98. The van der Waals surface area contributed by atoms with E-state index in [9.17, 15) is 0 Å². The van der Waals surface area contributed by atoms with E-state index in [4.69, 9.17) is 9.47 Å². The molecule has 0 spiro atoms. The summed E-state index contributed by atoms with van der Waals surface area (Å²) in [4.78, 5) is 1.16. The molecular formula is C14H20O2S. The fourth-order valence-corrected chi connectivity index (χ4v) is 2.02. The van der Waals surface area contributed by atoms with Gasteiger partial charge in [-0.2, -0.15) is 0 Å². The third kappa shape index (κ3) is 3.84. The van der Waals surface area contributed by atoms with E-state index in [1.807, 2.05) is 12.1 Å². The van der Waals surface area contributed by atoms with Crippen LogP contribution in [-0.4, -0.2) is 18.0 Å². The number of hydrogen-bond donors (Lipinski definition) is 0. The minimum absolute atomic E-state index is 0.178. The van der Waals surface area contributed by atoms with Crippen LogP contribution in [0.2, 0.25) is 0 Å². The van der Waals surface area contributed by atoms with E-state index in [2.05, 4.69) is 33.1 Å². The van der Waals surface area contributed by atoms with Gasteiger partial charge in [0.25, 0.3) is 0 Å². The fourth-order valence-electron chi connectivity index (χ4n) is 1.52. The van der Waals surface area contributed by atoms with Gasteiger partial charge >= 0.3 is 0 Å². The van der Waals surface area contributed by atoms with Crippen molar-refractivity contribution in [2.75, 3.05) is 6.26 Å². The van der Waals surface area contributed by atoms with Crippen LogP contribution in [0, 0.1) is 0 Å². The summed E-state index contributed by atoms with van der Waals surface area (Å²) >= 11 is 1.70. The lowest BCUT2D eigenvalue weighted by Crippen LogP contribution is -2.23. The normalized spacial score (nSPS) is 15.8. The SMILES string of the molecule is CSc1ccc(OC2CC2)cc1OC(C)(C)C. The highest BCUT2D eigenvalue weighted by Gasteiger charge is 2.24. The lowest BCUT2D eigenvalue weighted by molar-refractivity contribution is 0.126. The molecule has 0 bridgehead atoms. The molecule has 1 aliphatic carbocycles. The predicted molar refractivity (Wildman–Crippen MR) is 72.3 cm³/mol. The van der Waals surface area contributed by atoms with Gasteiger partial charge in [-0.3, -0.25) is 0 Å². The minimum atomic E-state index is -0.178. The van der Waals surface area contributed by atoms with Crippen LogP contribution < -0.4 is 9.47 Å². The van der Waals surface area contributed by atoms with Crippen LogP contribution in [0.1, 0.15) is 33.6 Å². The van der Waals surface area contributed by atoms with Crippen LogP contribution in [0.3, 0.4) is 0 Å². The van der Waals surface area contributed by atoms with Crippen molar-refractivity contribution < 1.29 is 9.47 Å². The number of benzene rings is 1. The molecule has 0 saturated heterocycles. The van der Waals surface area contributed by atoms with E-state index in [1.54, 1.807) is 11.8 Å². The quantitative estimate of drug-likeness (QED) is 0.751. The molecule has 2 rings (SSSR count). The lowest BCUT2D eigenvalue weighted by atomic mass is 10.2. The average molecular weight is 252 g/mol. The molecule has 1 fully saturated rings. The average Bonchev–Trinajstić information content (AvgIpc) is 3.00. The van der Waals surface area contributed by atoms with E-state index in [-0.39, 0.29) is 5.60 Å². The Hall–Kier alpha value is -0.830. The highest BCUT2D eigenvalue weighted by molar-refractivity contribution is 7.98. The molecule has 1 aliphatic rings. The molecule has 0 atom stereocenters. The topological polar surface area (TPSA) is 18.5 Å². The summed E-state index contributed by atoms with van der Waals surface area (Å²) in [6.45, 7) is 6.18. The number of hydrogen-bond acceptors (Lipinski definition) is 3. The Morgan fingerprint density at radius 2 is 1.94 bits per heavy atom. The zero-order valence-electron chi connectivity index (χ0n) is 10.9. The Labute approximate surface area is 108 Å². The number of thioether (sulfide) groups is 1. The van der Waals surface area contributed by atoms with Crippen molar-refractivity contribution >= 4 is 11.8 Å². The van der Waals surface area contributed by atoms with Gasteiger partial charge in [-0.15, -0.1) is 11.8 Å². The molecule has 0 aromatic heterocycles. The second kappa shape index (κ2) is 4.81. The van der Waals surface area contributed by atoms with Crippen molar-refractivity contribution in [3.05, 3.63) is 18.2 Å². The summed E-state index contributed by atoms with van der Waals surface area (Å²) in [5, 5.41) is 0. The molecule has 0 amide bonds. The highest BCUT2D eigenvalue weighted by atomic mass is 32.2. The van der Waals surface area contributed by atoms with Gasteiger partial charge in [0, 0.05) is 11.0 Å². The maximum Gasteiger partial charge on any atom is 0.137 e. The Bertz CT molecular complexity index is 392. The van der Waals surface area contributed by atoms with Gasteiger partial charge in [-0.05, 0) is 52.0 Å².